The average Bonchev–Trinajstić information content (AvgIpc) is 2.44. The highest BCUT2D eigenvalue weighted by atomic mass is 16.5. The normalized spacial score (nSPS) is 22.1. The predicted octanol–water partition coefficient (Wildman–Crippen LogP) is 3.40. The first-order valence-electron chi connectivity index (χ1n) is 6.61. The van der Waals surface area contributed by atoms with Crippen LogP contribution in [0.3, 0.4) is 0 Å². The minimum absolute atomic E-state index is 0.1000. The Hall–Kier alpha value is -1.57. The monoisotopic (exact) mass is 244 g/mol. The smallest absolute Gasteiger partial charge is 0.316 e. The molecule has 1 aromatic carbocycles. The molecular weight excluding hydrogens is 224 g/mol. The molecule has 0 aliphatic heterocycles. The van der Waals surface area contributed by atoms with Crippen molar-refractivity contribution in [3.05, 3.63) is 48.0 Å². The molecule has 0 fully saturated rings. The standard InChI is InChI=1S/C16H20O2/c1-3-12-18-15(17)16(4-2)11-7-9-13-8-5-6-10-14(13)16/h3,5-6,8,10H,1,4,7,9,11-12H2,2H3/t16-/m1/s1. The van der Waals surface area contributed by atoms with Gasteiger partial charge in [-0.2, -0.15) is 0 Å². The molecule has 2 nitrogen and oxygen atoms in total. The van der Waals surface area contributed by atoms with E-state index in [0.717, 1.165) is 31.2 Å². The number of rotatable bonds is 4. The van der Waals surface area contributed by atoms with Gasteiger partial charge >= 0.3 is 5.97 Å². The number of hydrogen-bond acceptors (Lipinski definition) is 2. The fraction of sp³-hybridized carbons (Fsp3) is 0.438. The van der Waals surface area contributed by atoms with Crippen molar-refractivity contribution in [2.45, 2.75) is 38.0 Å². The van der Waals surface area contributed by atoms with Crippen molar-refractivity contribution in [2.24, 2.45) is 0 Å². The number of carbonyl (C=O) groups is 1. The molecule has 0 bridgehead atoms. The van der Waals surface area contributed by atoms with E-state index in [9.17, 15) is 4.79 Å². The molecule has 0 N–H and O–H groups in total. The number of fused-ring (bicyclic) bond motifs is 1. The molecule has 96 valence electrons. The van der Waals surface area contributed by atoms with Crippen LogP contribution < -0.4 is 0 Å². The molecule has 0 saturated heterocycles. The van der Waals surface area contributed by atoms with E-state index in [1.54, 1.807) is 6.08 Å². The highest BCUT2D eigenvalue weighted by Crippen LogP contribution is 2.40. The van der Waals surface area contributed by atoms with Crippen LogP contribution in [0.15, 0.2) is 36.9 Å². The van der Waals surface area contributed by atoms with E-state index in [4.69, 9.17) is 4.74 Å². The Balaban J connectivity index is 2.38. The van der Waals surface area contributed by atoms with Crippen molar-refractivity contribution in [3.8, 4) is 0 Å². The van der Waals surface area contributed by atoms with Crippen LogP contribution in [0.4, 0.5) is 0 Å². The number of aryl methyl sites for hydroxylation is 1. The zero-order chi connectivity index (χ0) is 13.0. The maximum absolute atomic E-state index is 12.4. The molecule has 0 unspecified atom stereocenters. The Morgan fingerprint density at radius 2 is 2.28 bits per heavy atom. The van der Waals surface area contributed by atoms with Crippen LogP contribution >= 0.6 is 0 Å². The summed E-state index contributed by atoms with van der Waals surface area (Å²) in [5, 5.41) is 0. The van der Waals surface area contributed by atoms with Crippen LogP contribution in [0.5, 0.6) is 0 Å². The van der Waals surface area contributed by atoms with Crippen LogP contribution in [-0.2, 0) is 21.4 Å². The number of benzene rings is 1. The Morgan fingerprint density at radius 1 is 1.50 bits per heavy atom. The van der Waals surface area contributed by atoms with Gasteiger partial charge in [0.1, 0.15) is 6.61 Å². The molecule has 0 aromatic heterocycles. The van der Waals surface area contributed by atoms with Crippen LogP contribution in [0.2, 0.25) is 0 Å². The van der Waals surface area contributed by atoms with E-state index < -0.39 is 5.41 Å². The highest BCUT2D eigenvalue weighted by molar-refractivity contribution is 5.84. The summed E-state index contributed by atoms with van der Waals surface area (Å²) in [6, 6.07) is 8.25. The van der Waals surface area contributed by atoms with Crippen LogP contribution in [0.25, 0.3) is 0 Å². The van der Waals surface area contributed by atoms with Crippen molar-refractivity contribution in [1.29, 1.82) is 0 Å². The van der Waals surface area contributed by atoms with Gasteiger partial charge in [0.05, 0.1) is 5.41 Å². The predicted molar refractivity (Wildman–Crippen MR) is 72.5 cm³/mol. The van der Waals surface area contributed by atoms with Crippen molar-refractivity contribution < 1.29 is 9.53 Å². The third-order valence-corrected chi connectivity index (χ3v) is 3.91. The second-order valence-corrected chi connectivity index (χ2v) is 4.83. The average molecular weight is 244 g/mol. The number of hydrogen-bond donors (Lipinski definition) is 0. The second kappa shape index (κ2) is 5.38. The molecular formula is C16H20O2. The fourth-order valence-corrected chi connectivity index (χ4v) is 2.92. The van der Waals surface area contributed by atoms with Crippen LogP contribution in [0, 0.1) is 0 Å². The third kappa shape index (κ3) is 2.07. The SMILES string of the molecule is C=CCOC(=O)[C@]1(CC)CCCc2ccccc21. The minimum atomic E-state index is -0.447. The van der Waals surface area contributed by atoms with E-state index in [-0.39, 0.29) is 5.97 Å². The van der Waals surface area contributed by atoms with E-state index in [2.05, 4.69) is 25.6 Å². The third-order valence-electron chi connectivity index (χ3n) is 3.91. The largest absolute Gasteiger partial charge is 0.461 e. The van der Waals surface area contributed by atoms with Crippen molar-refractivity contribution >= 4 is 5.97 Å². The van der Waals surface area contributed by atoms with E-state index in [1.165, 1.54) is 5.56 Å². The zero-order valence-electron chi connectivity index (χ0n) is 10.9. The van der Waals surface area contributed by atoms with Gasteiger partial charge in [-0.15, -0.1) is 0 Å². The van der Waals surface area contributed by atoms with Gasteiger partial charge in [0.15, 0.2) is 0 Å². The zero-order valence-corrected chi connectivity index (χ0v) is 10.9. The molecule has 1 aliphatic carbocycles. The topological polar surface area (TPSA) is 26.3 Å². The maximum Gasteiger partial charge on any atom is 0.316 e. The molecule has 1 aliphatic rings. The Kier molecular flexibility index (Phi) is 3.85. The minimum Gasteiger partial charge on any atom is -0.461 e. The van der Waals surface area contributed by atoms with Gasteiger partial charge in [-0.1, -0.05) is 43.8 Å². The second-order valence-electron chi connectivity index (χ2n) is 4.83. The summed E-state index contributed by atoms with van der Waals surface area (Å²) in [5.41, 5.74) is 2.01. The number of carbonyl (C=O) groups excluding carboxylic acids is 1. The lowest BCUT2D eigenvalue weighted by Crippen LogP contribution is -2.40. The van der Waals surface area contributed by atoms with Crippen molar-refractivity contribution in [2.75, 3.05) is 6.61 Å². The molecule has 0 spiro atoms. The molecule has 0 saturated carbocycles. The molecule has 0 heterocycles. The summed E-state index contributed by atoms with van der Waals surface area (Å²) in [6.07, 6.45) is 5.41. The lowest BCUT2D eigenvalue weighted by atomic mass is 9.68. The molecule has 2 rings (SSSR count). The summed E-state index contributed by atoms with van der Waals surface area (Å²) in [4.78, 5) is 12.4. The van der Waals surface area contributed by atoms with Gasteiger partial charge in [-0.25, -0.2) is 0 Å². The van der Waals surface area contributed by atoms with Crippen LogP contribution in [0.1, 0.15) is 37.3 Å². The van der Waals surface area contributed by atoms with Gasteiger partial charge in [0.25, 0.3) is 0 Å². The van der Waals surface area contributed by atoms with Gasteiger partial charge in [-0.3, -0.25) is 4.79 Å². The summed E-state index contributed by atoms with van der Waals surface area (Å²) in [6.45, 7) is 5.95. The highest BCUT2D eigenvalue weighted by Gasteiger charge is 2.42. The summed E-state index contributed by atoms with van der Waals surface area (Å²) >= 11 is 0. The fourth-order valence-electron chi connectivity index (χ4n) is 2.92. The van der Waals surface area contributed by atoms with Crippen LogP contribution in [-0.4, -0.2) is 12.6 Å². The molecule has 1 atom stereocenters. The lowest BCUT2D eigenvalue weighted by Gasteiger charge is -2.36. The number of esters is 1. The van der Waals surface area contributed by atoms with E-state index in [1.807, 2.05) is 12.1 Å². The molecule has 1 aromatic rings. The molecule has 2 heteroatoms. The van der Waals surface area contributed by atoms with Crippen molar-refractivity contribution in [3.63, 3.8) is 0 Å². The number of ether oxygens (including phenoxy) is 1. The molecule has 0 radical (unpaired) electrons. The molecule has 18 heavy (non-hydrogen) atoms. The first-order chi connectivity index (χ1) is 8.74. The summed E-state index contributed by atoms with van der Waals surface area (Å²) < 4.78 is 5.32. The lowest BCUT2D eigenvalue weighted by molar-refractivity contribution is -0.150. The Morgan fingerprint density at radius 3 is 3.00 bits per heavy atom. The Labute approximate surface area is 109 Å². The first kappa shape index (κ1) is 12.9. The Bertz CT molecular complexity index is 450. The van der Waals surface area contributed by atoms with E-state index >= 15 is 0 Å². The maximum atomic E-state index is 12.4. The first-order valence-corrected chi connectivity index (χ1v) is 6.61. The van der Waals surface area contributed by atoms with Gasteiger partial charge in [0, 0.05) is 0 Å². The quantitative estimate of drug-likeness (QED) is 0.599. The summed E-state index contributed by atoms with van der Waals surface area (Å²) in [5.74, 6) is -0.1000. The van der Waals surface area contributed by atoms with Crippen molar-refractivity contribution in [1.82, 2.24) is 0 Å². The van der Waals surface area contributed by atoms with Gasteiger partial charge < -0.3 is 4.74 Å². The van der Waals surface area contributed by atoms with Gasteiger partial charge in [0.2, 0.25) is 0 Å². The molecule has 0 amide bonds. The summed E-state index contributed by atoms with van der Waals surface area (Å²) in [7, 11) is 0. The van der Waals surface area contributed by atoms with E-state index in [0.29, 0.717) is 6.61 Å². The van der Waals surface area contributed by atoms with Gasteiger partial charge in [-0.05, 0) is 36.8 Å².